The molecule has 0 radical (unpaired) electrons. The minimum absolute atomic E-state index is 0.118. The molecule has 0 aromatic heterocycles. The van der Waals surface area contributed by atoms with Crippen LogP contribution >= 0.6 is 0 Å². The summed E-state index contributed by atoms with van der Waals surface area (Å²) in [6.07, 6.45) is -0.880. The predicted molar refractivity (Wildman–Crippen MR) is 75.1 cm³/mol. The minimum Gasteiger partial charge on any atom is -0.462 e. The Hall–Kier alpha value is -1.35. The maximum atomic E-state index is 14.9. The predicted octanol–water partition coefficient (Wildman–Crippen LogP) is 4.63. The molecule has 4 aliphatic rings. The Balaban J connectivity index is 1.56. The van der Waals surface area contributed by atoms with E-state index in [1.54, 1.807) is 6.08 Å². The molecule has 3 fully saturated rings. The highest BCUT2D eigenvalue weighted by Crippen LogP contribution is 2.72. The van der Waals surface area contributed by atoms with Gasteiger partial charge < -0.3 is 4.74 Å². The quantitative estimate of drug-likeness (QED) is 0.381. The molecule has 0 aliphatic heterocycles. The molecule has 152 valence electrons. The van der Waals surface area contributed by atoms with E-state index < -0.39 is 66.4 Å². The maximum absolute atomic E-state index is 14.9. The van der Waals surface area contributed by atoms with Crippen molar-refractivity contribution in [2.75, 3.05) is 0 Å². The third-order valence-corrected chi connectivity index (χ3v) is 6.60. The van der Waals surface area contributed by atoms with Gasteiger partial charge in [-0.25, -0.2) is 8.78 Å². The van der Waals surface area contributed by atoms with E-state index in [1.807, 2.05) is 6.08 Å². The SMILES string of the molecule is O=C(OC1CCC2(F)C(F)(F)C(F)(F)C(F)(F)C2(F)C1)C1CC2C=CC1C2. The third kappa shape index (κ3) is 1.99. The highest BCUT2D eigenvalue weighted by atomic mass is 19.4. The van der Waals surface area contributed by atoms with Gasteiger partial charge in [0.05, 0.1) is 5.92 Å². The lowest BCUT2D eigenvalue weighted by Crippen LogP contribution is -2.61. The smallest absolute Gasteiger partial charge is 0.378 e. The Morgan fingerprint density at radius 3 is 2.04 bits per heavy atom. The van der Waals surface area contributed by atoms with Crippen LogP contribution in [-0.4, -0.2) is 41.2 Å². The number of halogens is 8. The van der Waals surface area contributed by atoms with E-state index in [0.717, 1.165) is 0 Å². The normalized spacial score (nSPS) is 48.4. The van der Waals surface area contributed by atoms with Crippen LogP contribution in [0.25, 0.3) is 0 Å². The van der Waals surface area contributed by atoms with Crippen molar-refractivity contribution in [2.24, 2.45) is 17.8 Å². The average Bonchev–Trinajstić information content (AvgIpc) is 3.21. The van der Waals surface area contributed by atoms with Crippen molar-refractivity contribution in [3.05, 3.63) is 12.2 Å². The van der Waals surface area contributed by atoms with Gasteiger partial charge in [-0.15, -0.1) is 0 Å². The molecule has 0 N–H and O–H groups in total. The zero-order valence-corrected chi connectivity index (χ0v) is 13.8. The summed E-state index contributed by atoms with van der Waals surface area (Å²) in [6.45, 7) is 0. The van der Waals surface area contributed by atoms with Crippen LogP contribution in [0.2, 0.25) is 0 Å². The van der Waals surface area contributed by atoms with Crippen LogP contribution in [0.3, 0.4) is 0 Å². The van der Waals surface area contributed by atoms with E-state index in [0.29, 0.717) is 12.8 Å². The number of carbonyl (C=O) groups is 1. The zero-order chi connectivity index (χ0) is 20.0. The van der Waals surface area contributed by atoms with E-state index in [2.05, 4.69) is 0 Å². The number of hydrogen-bond acceptors (Lipinski definition) is 2. The van der Waals surface area contributed by atoms with Gasteiger partial charge in [-0.05, 0) is 37.5 Å². The minimum atomic E-state index is -6.20. The van der Waals surface area contributed by atoms with Crippen molar-refractivity contribution >= 4 is 5.97 Å². The Morgan fingerprint density at radius 1 is 0.852 bits per heavy atom. The number of rotatable bonds is 2. The van der Waals surface area contributed by atoms with Gasteiger partial charge in [0.2, 0.25) is 11.3 Å². The van der Waals surface area contributed by atoms with Gasteiger partial charge in [0.1, 0.15) is 6.10 Å². The Morgan fingerprint density at radius 2 is 1.48 bits per heavy atom. The third-order valence-electron chi connectivity index (χ3n) is 6.60. The molecule has 2 bridgehead atoms. The van der Waals surface area contributed by atoms with Crippen molar-refractivity contribution in [3.63, 3.8) is 0 Å². The van der Waals surface area contributed by atoms with Gasteiger partial charge in [-0.2, -0.15) is 26.3 Å². The number of hydrogen-bond donors (Lipinski definition) is 0. The Kier molecular flexibility index (Phi) is 3.63. The summed E-state index contributed by atoms with van der Waals surface area (Å²) >= 11 is 0. The number of alkyl halides is 8. The van der Waals surface area contributed by atoms with Gasteiger partial charge in [-0.1, -0.05) is 12.2 Å². The highest BCUT2D eigenvalue weighted by Gasteiger charge is 2.99. The first-order valence-corrected chi connectivity index (χ1v) is 8.68. The molecule has 2 nitrogen and oxygen atoms in total. The van der Waals surface area contributed by atoms with Gasteiger partial charge >= 0.3 is 23.7 Å². The monoisotopic (exact) mass is 404 g/mol. The van der Waals surface area contributed by atoms with Crippen molar-refractivity contribution in [1.29, 1.82) is 0 Å². The molecule has 0 aromatic rings. The number of esters is 1. The van der Waals surface area contributed by atoms with Crippen molar-refractivity contribution in [3.8, 4) is 0 Å². The van der Waals surface area contributed by atoms with Crippen LogP contribution in [-0.2, 0) is 9.53 Å². The lowest BCUT2D eigenvalue weighted by atomic mass is 9.73. The fraction of sp³-hybridized carbons (Fsp3) is 0.824. The van der Waals surface area contributed by atoms with Gasteiger partial charge in [0.25, 0.3) is 0 Å². The summed E-state index contributed by atoms with van der Waals surface area (Å²) in [5, 5.41) is 0. The Labute approximate surface area is 148 Å². The molecule has 0 amide bonds. The van der Waals surface area contributed by atoms with Crippen molar-refractivity contribution in [1.82, 2.24) is 0 Å². The van der Waals surface area contributed by atoms with Crippen LogP contribution in [0.1, 0.15) is 32.1 Å². The molecule has 0 spiro atoms. The molecular formula is C17H16F8O2. The molecule has 0 aromatic carbocycles. The molecule has 6 unspecified atom stereocenters. The van der Waals surface area contributed by atoms with Crippen LogP contribution in [0.15, 0.2) is 12.2 Å². The second-order valence-electron chi connectivity index (χ2n) is 8.01. The fourth-order valence-electron chi connectivity index (χ4n) is 5.02. The molecule has 0 heterocycles. The number of ether oxygens (including phenoxy) is 1. The van der Waals surface area contributed by atoms with E-state index in [-0.39, 0.29) is 11.8 Å². The summed E-state index contributed by atoms with van der Waals surface area (Å²) in [4.78, 5) is 12.2. The second kappa shape index (κ2) is 5.17. The van der Waals surface area contributed by atoms with Crippen LogP contribution in [0, 0.1) is 17.8 Å². The summed E-state index contributed by atoms with van der Waals surface area (Å²) in [6, 6.07) is 0. The van der Waals surface area contributed by atoms with E-state index in [1.165, 1.54) is 0 Å². The van der Waals surface area contributed by atoms with Gasteiger partial charge in [0.15, 0.2) is 0 Å². The summed E-state index contributed by atoms with van der Waals surface area (Å²) in [5.41, 5.74) is -9.59. The fourth-order valence-corrected chi connectivity index (χ4v) is 5.02. The molecule has 3 saturated carbocycles. The summed E-state index contributed by atoms with van der Waals surface area (Å²) in [5.74, 6) is -19.4. The molecule has 4 rings (SSSR count). The largest absolute Gasteiger partial charge is 0.462 e. The highest BCUT2D eigenvalue weighted by molar-refractivity contribution is 5.74. The summed E-state index contributed by atoms with van der Waals surface area (Å²) < 4.78 is 117. The first-order valence-electron chi connectivity index (χ1n) is 8.68. The topological polar surface area (TPSA) is 26.3 Å². The van der Waals surface area contributed by atoms with Crippen molar-refractivity contribution < 1.29 is 44.7 Å². The first kappa shape index (κ1) is 19.0. The first-order chi connectivity index (χ1) is 12.3. The van der Waals surface area contributed by atoms with Gasteiger partial charge in [-0.3, -0.25) is 4.79 Å². The molecule has 0 saturated heterocycles. The molecule has 6 atom stereocenters. The number of carbonyl (C=O) groups excluding carboxylic acids is 1. The average molecular weight is 404 g/mol. The molecule has 27 heavy (non-hydrogen) atoms. The molecule has 4 aliphatic carbocycles. The van der Waals surface area contributed by atoms with E-state index in [9.17, 15) is 39.9 Å². The van der Waals surface area contributed by atoms with Crippen LogP contribution in [0.5, 0.6) is 0 Å². The molecular weight excluding hydrogens is 388 g/mol. The van der Waals surface area contributed by atoms with Crippen molar-refractivity contribution in [2.45, 2.75) is 67.3 Å². The lowest BCUT2D eigenvalue weighted by Gasteiger charge is -2.42. The van der Waals surface area contributed by atoms with Gasteiger partial charge in [0, 0.05) is 6.42 Å². The number of allylic oxidation sites excluding steroid dienone is 2. The van der Waals surface area contributed by atoms with E-state index >= 15 is 0 Å². The zero-order valence-electron chi connectivity index (χ0n) is 13.8. The van der Waals surface area contributed by atoms with E-state index in [4.69, 9.17) is 4.74 Å². The maximum Gasteiger partial charge on any atom is 0.378 e. The van der Waals surface area contributed by atoms with Crippen LogP contribution < -0.4 is 0 Å². The lowest BCUT2D eigenvalue weighted by molar-refractivity contribution is -0.292. The number of fused-ring (bicyclic) bond motifs is 3. The standard InChI is InChI=1S/C17H16F8O2/c18-13-4-3-10(27-12(26)11-6-8-1-2-9(11)5-8)7-14(13,19)16(22,23)17(24,25)15(13,20)21/h1-2,8-11H,3-7H2. The molecule has 10 heteroatoms. The van der Waals surface area contributed by atoms with Crippen LogP contribution in [0.4, 0.5) is 35.1 Å². The Bertz CT molecular complexity index is 707. The second-order valence-corrected chi connectivity index (χ2v) is 8.01. The summed E-state index contributed by atoms with van der Waals surface area (Å²) in [7, 11) is 0.